The number of benzene rings is 10. The summed E-state index contributed by atoms with van der Waals surface area (Å²) >= 11 is 0. The van der Waals surface area contributed by atoms with Crippen molar-refractivity contribution in [1.29, 1.82) is 5.26 Å². The average Bonchev–Trinajstić information content (AvgIpc) is 4.21. The Bertz CT molecular complexity index is 4690. The first-order valence-corrected chi connectivity index (χ1v) is 23.9. The summed E-state index contributed by atoms with van der Waals surface area (Å²) in [6, 6.07) is 77.1. The zero-order chi connectivity index (χ0) is 47.4. The average molecular weight is 921 g/mol. The number of aromatic nitrogens is 5. The molecule has 0 bridgehead atoms. The van der Waals surface area contributed by atoms with Crippen molar-refractivity contribution in [2.75, 3.05) is 0 Å². The second-order valence-electron chi connectivity index (χ2n) is 18.1. The summed E-state index contributed by atoms with van der Waals surface area (Å²) in [6.45, 7) is 0. The monoisotopic (exact) mass is 920 g/mol. The maximum atomic E-state index is 11.9. The van der Waals surface area contributed by atoms with Gasteiger partial charge in [-0.05, 0) is 60.2 Å². The summed E-state index contributed by atoms with van der Waals surface area (Å²) < 4.78 is 18.3. The van der Waals surface area contributed by atoms with Crippen LogP contribution in [0.3, 0.4) is 0 Å². The number of hydrogen-bond donors (Lipinski definition) is 0. The van der Waals surface area contributed by atoms with Gasteiger partial charge in [0.05, 0.1) is 49.8 Å². The maximum absolute atomic E-state index is 11.9. The highest BCUT2D eigenvalue weighted by Crippen LogP contribution is 2.50. The Kier molecular flexibility index (Phi) is 8.55. The molecule has 15 aromatic rings. The number of nitrogens with zero attached hydrogens (tertiary/aromatic N) is 6. The van der Waals surface area contributed by atoms with E-state index in [0.717, 1.165) is 115 Å². The van der Waals surface area contributed by atoms with E-state index >= 15 is 0 Å². The molecule has 5 aromatic heterocycles. The Balaban J connectivity index is 1.17. The van der Waals surface area contributed by atoms with Crippen molar-refractivity contribution in [3.05, 3.63) is 224 Å². The highest BCUT2D eigenvalue weighted by molar-refractivity contribution is 6.26. The standard InChI is InChI=1S/C64H36N6O2/c65-37-41-36-48(64-67-62(39-20-6-2-7-21-39)66-63(68-64)40-22-8-3-9-23-40)55(38-18-4-1-5-19-38)59(70-50-29-15-11-27-47(50)57-52(70)35-33-45-43-25-13-17-31-54(43)72-61(45)57)58(41)69-49-28-14-10-26-46(49)56-51(69)34-32-44-42-24-12-16-30-53(42)71-60(44)56/h1-36H. The molecule has 0 N–H and O–H groups in total. The molecule has 0 saturated heterocycles. The number of fused-ring (bicyclic) bond motifs is 14. The fraction of sp³-hybridized carbons (Fsp3) is 0. The summed E-state index contributed by atoms with van der Waals surface area (Å²) in [5, 5.41) is 20.0. The zero-order valence-electron chi connectivity index (χ0n) is 38.3. The number of rotatable bonds is 6. The molecule has 334 valence electrons. The van der Waals surface area contributed by atoms with Gasteiger partial charge >= 0.3 is 0 Å². The molecule has 0 amide bonds. The topological polar surface area (TPSA) is 98.6 Å². The van der Waals surface area contributed by atoms with Crippen LogP contribution >= 0.6 is 0 Å². The first-order valence-electron chi connectivity index (χ1n) is 23.9. The van der Waals surface area contributed by atoms with E-state index in [9.17, 15) is 5.26 Å². The molecule has 0 saturated carbocycles. The van der Waals surface area contributed by atoms with Crippen LogP contribution in [-0.4, -0.2) is 24.1 Å². The molecule has 8 heteroatoms. The van der Waals surface area contributed by atoms with Crippen LogP contribution in [0.4, 0.5) is 0 Å². The fourth-order valence-corrected chi connectivity index (χ4v) is 11.1. The zero-order valence-corrected chi connectivity index (χ0v) is 38.3. The third-order valence-corrected chi connectivity index (χ3v) is 14.2. The molecule has 0 aliphatic heterocycles. The maximum Gasteiger partial charge on any atom is 0.164 e. The lowest BCUT2D eigenvalue weighted by Gasteiger charge is -2.24. The number of hydrogen-bond acceptors (Lipinski definition) is 6. The third kappa shape index (κ3) is 5.76. The Morgan fingerprint density at radius 3 is 1.28 bits per heavy atom. The summed E-state index contributed by atoms with van der Waals surface area (Å²) in [5.74, 6) is 1.46. The highest BCUT2D eigenvalue weighted by atomic mass is 16.3. The van der Waals surface area contributed by atoms with E-state index in [-0.39, 0.29) is 0 Å². The normalized spacial score (nSPS) is 11.9. The van der Waals surface area contributed by atoms with Crippen molar-refractivity contribution in [3.63, 3.8) is 0 Å². The minimum Gasteiger partial charge on any atom is -0.455 e. The van der Waals surface area contributed by atoms with Gasteiger partial charge in [-0.15, -0.1) is 0 Å². The van der Waals surface area contributed by atoms with E-state index in [0.29, 0.717) is 34.3 Å². The van der Waals surface area contributed by atoms with Crippen LogP contribution in [0.1, 0.15) is 5.56 Å². The molecule has 0 atom stereocenters. The van der Waals surface area contributed by atoms with Crippen molar-refractivity contribution < 1.29 is 8.83 Å². The molecule has 0 fully saturated rings. The van der Waals surface area contributed by atoms with Gasteiger partial charge in [-0.25, -0.2) is 15.0 Å². The molecule has 8 nitrogen and oxygen atoms in total. The van der Waals surface area contributed by atoms with E-state index in [1.54, 1.807) is 0 Å². The van der Waals surface area contributed by atoms with Crippen LogP contribution in [0.25, 0.3) is 144 Å². The van der Waals surface area contributed by atoms with Crippen molar-refractivity contribution in [2.24, 2.45) is 0 Å². The summed E-state index contributed by atoms with van der Waals surface area (Å²) in [4.78, 5) is 15.8. The Hall–Kier alpha value is -10.1. The van der Waals surface area contributed by atoms with Gasteiger partial charge in [0.2, 0.25) is 0 Å². The van der Waals surface area contributed by atoms with Gasteiger partial charge in [-0.3, -0.25) is 0 Å². The molecule has 5 heterocycles. The van der Waals surface area contributed by atoms with Crippen LogP contribution in [0.2, 0.25) is 0 Å². The first-order chi connectivity index (χ1) is 35.7. The molecular weight excluding hydrogens is 885 g/mol. The van der Waals surface area contributed by atoms with Crippen molar-refractivity contribution >= 4 is 87.5 Å². The lowest BCUT2D eigenvalue weighted by atomic mass is 9.92. The van der Waals surface area contributed by atoms with Gasteiger partial charge in [0.15, 0.2) is 17.5 Å². The van der Waals surface area contributed by atoms with Gasteiger partial charge in [0.25, 0.3) is 0 Å². The fourth-order valence-electron chi connectivity index (χ4n) is 11.1. The van der Waals surface area contributed by atoms with E-state index in [4.69, 9.17) is 23.8 Å². The molecule has 15 rings (SSSR count). The molecule has 0 spiro atoms. The predicted octanol–water partition coefficient (Wildman–Crippen LogP) is 16.4. The highest BCUT2D eigenvalue weighted by Gasteiger charge is 2.31. The number of nitriles is 1. The van der Waals surface area contributed by atoms with Gasteiger partial charge in [-0.1, -0.05) is 164 Å². The number of furan rings is 2. The predicted molar refractivity (Wildman–Crippen MR) is 290 cm³/mol. The Labute approximate surface area is 410 Å². The smallest absolute Gasteiger partial charge is 0.164 e. The molecule has 72 heavy (non-hydrogen) atoms. The van der Waals surface area contributed by atoms with Crippen molar-refractivity contribution in [2.45, 2.75) is 0 Å². The molecule has 0 radical (unpaired) electrons. The number of para-hydroxylation sites is 4. The second kappa shape index (κ2) is 15.5. The van der Waals surface area contributed by atoms with Crippen molar-refractivity contribution in [3.8, 4) is 62.7 Å². The minimum atomic E-state index is 0.422. The Morgan fingerprint density at radius 1 is 0.361 bits per heavy atom. The first kappa shape index (κ1) is 39.9. The Morgan fingerprint density at radius 2 is 0.778 bits per heavy atom. The van der Waals surface area contributed by atoms with Crippen LogP contribution < -0.4 is 0 Å². The van der Waals surface area contributed by atoms with Crippen molar-refractivity contribution in [1.82, 2.24) is 24.1 Å². The van der Waals surface area contributed by atoms with E-state index in [1.807, 2.05) is 103 Å². The van der Waals surface area contributed by atoms with Gasteiger partial charge in [0.1, 0.15) is 28.4 Å². The van der Waals surface area contributed by atoms with Crippen LogP contribution in [0, 0.1) is 11.3 Å². The van der Waals surface area contributed by atoms with Crippen LogP contribution in [-0.2, 0) is 0 Å². The molecule has 10 aromatic carbocycles. The second-order valence-corrected chi connectivity index (χ2v) is 18.1. The summed E-state index contributed by atoms with van der Waals surface area (Å²) in [7, 11) is 0. The van der Waals surface area contributed by atoms with E-state index in [1.165, 1.54) is 0 Å². The van der Waals surface area contributed by atoms with E-state index in [2.05, 4.69) is 130 Å². The molecule has 0 unspecified atom stereocenters. The summed E-state index contributed by atoms with van der Waals surface area (Å²) in [5.41, 5.74) is 12.9. The van der Waals surface area contributed by atoms with Crippen LogP contribution in [0.15, 0.2) is 227 Å². The third-order valence-electron chi connectivity index (χ3n) is 14.2. The molecule has 0 aliphatic carbocycles. The largest absolute Gasteiger partial charge is 0.455 e. The van der Waals surface area contributed by atoms with E-state index < -0.39 is 0 Å². The van der Waals surface area contributed by atoms with Crippen LogP contribution in [0.5, 0.6) is 0 Å². The minimum absolute atomic E-state index is 0.422. The van der Waals surface area contributed by atoms with Gasteiger partial charge in [-0.2, -0.15) is 5.26 Å². The molecule has 0 aliphatic rings. The SMILES string of the molecule is N#Cc1cc(-c2nc(-c3ccccc3)nc(-c3ccccc3)n2)c(-c2ccccc2)c(-n2c3ccccc3c3c4oc5ccccc5c4ccc32)c1-n1c2ccccc2c2c3oc4ccccc4c3ccc21. The summed E-state index contributed by atoms with van der Waals surface area (Å²) in [6.07, 6.45) is 0. The lowest BCUT2D eigenvalue weighted by Crippen LogP contribution is -2.10. The van der Waals surface area contributed by atoms with Gasteiger partial charge < -0.3 is 18.0 Å². The lowest BCUT2D eigenvalue weighted by molar-refractivity contribution is 0.672. The quantitative estimate of drug-likeness (QED) is 0.165. The van der Waals surface area contributed by atoms with Gasteiger partial charge in [0, 0.05) is 54.6 Å². The molecular formula is C64H36N6O2.